The molecule has 1 N–H and O–H groups in total. The molecular weight excluding hydrogens is 444 g/mol. The molecule has 1 atom stereocenters. The Hall–Kier alpha value is -4.01. The number of aromatic nitrogens is 3. The Kier molecular flexibility index (Phi) is 4.36. The van der Waals surface area contributed by atoms with Gasteiger partial charge in [-0.05, 0) is 49.4 Å². The van der Waals surface area contributed by atoms with Gasteiger partial charge in [0.25, 0.3) is 0 Å². The van der Waals surface area contributed by atoms with E-state index >= 15 is 0 Å². The lowest BCUT2D eigenvalue weighted by Crippen LogP contribution is -2.41. The highest BCUT2D eigenvalue weighted by Gasteiger charge is 2.60. The van der Waals surface area contributed by atoms with Crippen LogP contribution >= 0.6 is 0 Å². The number of amides is 2. The average molecular weight is 469 g/mol. The van der Waals surface area contributed by atoms with E-state index in [0.29, 0.717) is 36.2 Å². The molecule has 5 heterocycles. The summed E-state index contributed by atoms with van der Waals surface area (Å²) in [5.74, 6) is 1.31. The number of hydrogen-bond acceptors (Lipinski definition) is 7. The Morgan fingerprint density at radius 3 is 2.51 bits per heavy atom. The smallest absolute Gasteiger partial charge is 0.238 e. The summed E-state index contributed by atoms with van der Waals surface area (Å²) >= 11 is 0. The molecule has 2 aromatic heterocycles. The average Bonchev–Trinajstić information content (AvgIpc) is 3.45. The number of fused-ring (bicyclic) bond motifs is 3. The zero-order chi connectivity index (χ0) is 23.6. The van der Waals surface area contributed by atoms with Crippen molar-refractivity contribution in [3.05, 3.63) is 48.9 Å². The van der Waals surface area contributed by atoms with E-state index in [2.05, 4.69) is 20.3 Å². The Balaban J connectivity index is 1.08. The third-order valence-electron chi connectivity index (χ3n) is 7.52. The molecule has 176 valence electrons. The van der Waals surface area contributed by atoms with Gasteiger partial charge in [0, 0.05) is 36.6 Å². The van der Waals surface area contributed by atoms with Gasteiger partial charge in [-0.2, -0.15) is 0 Å². The number of ether oxygens (including phenoxy) is 1. The number of hydrogen-bond donors (Lipinski definition) is 1. The molecule has 0 bridgehead atoms. The van der Waals surface area contributed by atoms with Gasteiger partial charge < -0.3 is 19.9 Å². The molecule has 1 aliphatic carbocycles. The minimum atomic E-state index is -0.166. The number of anilines is 4. The summed E-state index contributed by atoms with van der Waals surface area (Å²) in [6.45, 7) is 1.28. The molecule has 7 rings (SSSR count). The maximum absolute atomic E-state index is 13.0. The highest BCUT2D eigenvalue weighted by atomic mass is 16.5. The van der Waals surface area contributed by atoms with Gasteiger partial charge in [-0.15, -0.1) is 0 Å². The first kappa shape index (κ1) is 20.4. The summed E-state index contributed by atoms with van der Waals surface area (Å²) in [4.78, 5) is 42.0. The van der Waals surface area contributed by atoms with Crippen molar-refractivity contribution in [2.75, 3.05) is 28.3 Å². The van der Waals surface area contributed by atoms with Crippen molar-refractivity contribution in [2.45, 2.75) is 38.1 Å². The molecule has 0 radical (unpaired) electrons. The SMILES string of the molecule is O=C1CCCN1c1ccc(-c2cnc(Nc3cnc4c(c3)N3C(=O)C5(CC5)C[C@H]3CO4)nc2)cc1. The van der Waals surface area contributed by atoms with Crippen LogP contribution < -0.4 is 19.9 Å². The molecule has 9 heteroatoms. The second kappa shape index (κ2) is 7.49. The second-order valence-corrected chi connectivity index (χ2v) is 9.79. The van der Waals surface area contributed by atoms with Crippen molar-refractivity contribution in [2.24, 2.45) is 5.41 Å². The maximum Gasteiger partial charge on any atom is 0.238 e. The fourth-order valence-electron chi connectivity index (χ4n) is 5.45. The minimum Gasteiger partial charge on any atom is -0.474 e. The Labute approximate surface area is 202 Å². The number of nitrogens with zero attached hydrogens (tertiary/aromatic N) is 5. The number of benzene rings is 1. The van der Waals surface area contributed by atoms with Crippen LogP contribution in [0, 0.1) is 5.41 Å². The lowest BCUT2D eigenvalue weighted by atomic mass is 10.0. The van der Waals surface area contributed by atoms with Gasteiger partial charge in [-0.25, -0.2) is 15.0 Å². The zero-order valence-electron chi connectivity index (χ0n) is 19.1. The maximum atomic E-state index is 13.0. The molecular formula is C26H24N6O3. The van der Waals surface area contributed by atoms with Crippen LogP contribution in [0.15, 0.2) is 48.9 Å². The number of pyridine rings is 1. The van der Waals surface area contributed by atoms with Gasteiger partial charge in [-0.3, -0.25) is 9.59 Å². The van der Waals surface area contributed by atoms with Crippen molar-refractivity contribution in [3.63, 3.8) is 0 Å². The van der Waals surface area contributed by atoms with E-state index in [9.17, 15) is 9.59 Å². The monoisotopic (exact) mass is 468 g/mol. The van der Waals surface area contributed by atoms with Crippen molar-refractivity contribution in [1.82, 2.24) is 15.0 Å². The molecule has 1 aromatic carbocycles. The van der Waals surface area contributed by atoms with Crippen molar-refractivity contribution in [1.29, 1.82) is 0 Å². The van der Waals surface area contributed by atoms with E-state index in [1.807, 2.05) is 40.1 Å². The predicted molar refractivity (Wildman–Crippen MR) is 130 cm³/mol. The van der Waals surface area contributed by atoms with Crippen LogP contribution in [0.4, 0.5) is 23.0 Å². The molecule has 3 aliphatic heterocycles. The number of rotatable bonds is 4. The van der Waals surface area contributed by atoms with Crippen LogP contribution in [0.3, 0.4) is 0 Å². The van der Waals surface area contributed by atoms with Gasteiger partial charge in [0.15, 0.2) is 0 Å². The molecule has 9 nitrogen and oxygen atoms in total. The predicted octanol–water partition coefficient (Wildman–Crippen LogP) is 3.69. The van der Waals surface area contributed by atoms with Gasteiger partial charge in [0.2, 0.25) is 23.6 Å². The fraction of sp³-hybridized carbons (Fsp3) is 0.346. The van der Waals surface area contributed by atoms with Crippen LogP contribution in [0.25, 0.3) is 11.1 Å². The quantitative estimate of drug-likeness (QED) is 0.623. The second-order valence-electron chi connectivity index (χ2n) is 9.79. The summed E-state index contributed by atoms with van der Waals surface area (Å²) < 4.78 is 5.84. The molecule has 35 heavy (non-hydrogen) atoms. The van der Waals surface area contributed by atoms with E-state index in [0.717, 1.165) is 49.0 Å². The number of carbonyl (C=O) groups is 2. The Bertz CT molecular complexity index is 1340. The topological polar surface area (TPSA) is 101 Å². The Morgan fingerprint density at radius 2 is 1.80 bits per heavy atom. The van der Waals surface area contributed by atoms with Gasteiger partial charge >= 0.3 is 0 Å². The van der Waals surface area contributed by atoms with Crippen LogP contribution in [-0.2, 0) is 9.59 Å². The number of carbonyl (C=O) groups excluding carboxylic acids is 2. The first-order valence-electron chi connectivity index (χ1n) is 12.1. The highest BCUT2D eigenvalue weighted by molar-refractivity contribution is 6.04. The van der Waals surface area contributed by atoms with Gasteiger partial charge in [-0.1, -0.05) is 12.1 Å². The van der Waals surface area contributed by atoms with E-state index in [1.54, 1.807) is 18.6 Å². The van der Waals surface area contributed by atoms with Crippen LogP contribution in [0.2, 0.25) is 0 Å². The van der Waals surface area contributed by atoms with Gasteiger partial charge in [0.05, 0.1) is 23.3 Å². The van der Waals surface area contributed by atoms with Crippen molar-refractivity contribution in [3.8, 4) is 17.0 Å². The summed E-state index contributed by atoms with van der Waals surface area (Å²) in [5.41, 5.74) is 4.03. The third-order valence-corrected chi connectivity index (χ3v) is 7.52. The van der Waals surface area contributed by atoms with E-state index < -0.39 is 0 Å². The van der Waals surface area contributed by atoms with Gasteiger partial charge in [0.1, 0.15) is 12.3 Å². The molecule has 1 saturated carbocycles. The van der Waals surface area contributed by atoms with Crippen LogP contribution in [0.1, 0.15) is 32.1 Å². The first-order valence-corrected chi connectivity index (χ1v) is 12.1. The molecule has 4 aliphatic rings. The Morgan fingerprint density at radius 1 is 1.00 bits per heavy atom. The standard InChI is InChI=1S/C26H24N6O3/c33-22-2-1-9-31(22)19-5-3-16(4-6-19)17-12-28-25(29-13-17)30-18-10-21-23(27-14-18)35-15-20-11-26(7-8-26)24(34)32(20)21/h3-6,10,12-14,20H,1-2,7-9,11,15H2,(H,28,29,30)/t20-/m0/s1. The molecule has 0 unspecified atom stereocenters. The largest absolute Gasteiger partial charge is 0.474 e. The van der Waals surface area contributed by atoms with Crippen LogP contribution in [-0.4, -0.2) is 46.0 Å². The lowest BCUT2D eigenvalue weighted by molar-refractivity contribution is -0.121. The summed E-state index contributed by atoms with van der Waals surface area (Å²) in [7, 11) is 0. The molecule has 3 aromatic rings. The fourth-order valence-corrected chi connectivity index (χ4v) is 5.45. The summed E-state index contributed by atoms with van der Waals surface area (Å²) in [6, 6.07) is 9.87. The van der Waals surface area contributed by atoms with Crippen molar-refractivity contribution >= 4 is 34.8 Å². The third kappa shape index (κ3) is 3.33. The summed E-state index contributed by atoms with van der Waals surface area (Å²) in [6.07, 6.45) is 9.52. The molecule has 3 fully saturated rings. The number of nitrogens with one attached hydrogen (secondary N) is 1. The first-order chi connectivity index (χ1) is 17.1. The molecule has 2 saturated heterocycles. The normalized spacial score (nSPS) is 21.7. The molecule has 2 amide bonds. The zero-order valence-corrected chi connectivity index (χ0v) is 19.1. The summed E-state index contributed by atoms with van der Waals surface area (Å²) in [5, 5.41) is 3.19. The van der Waals surface area contributed by atoms with E-state index in [1.165, 1.54) is 0 Å². The van der Waals surface area contributed by atoms with Crippen molar-refractivity contribution < 1.29 is 14.3 Å². The van der Waals surface area contributed by atoms with E-state index in [-0.39, 0.29) is 23.3 Å². The minimum absolute atomic E-state index is 0.0834. The highest BCUT2D eigenvalue weighted by Crippen LogP contribution is 2.58. The van der Waals surface area contributed by atoms with E-state index in [4.69, 9.17) is 4.74 Å². The lowest BCUT2D eigenvalue weighted by Gasteiger charge is -2.31. The van der Waals surface area contributed by atoms with Crippen LogP contribution in [0.5, 0.6) is 5.88 Å². The molecule has 1 spiro atoms.